The highest BCUT2D eigenvalue weighted by Crippen LogP contribution is 2.25. The molecule has 1 aromatic rings. The van der Waals surface area contributed by atoms with Crippen LogP contribution in [0.3, 0.4) is 0 Å². The molecule has 1 aliphatic heterocycles. The topological polar surface area (TPSA) is 3.24 Å². The first-order chi connectivity index (χ1) is 7.57. The van der Waals surface area contributed by atoms with E-state index < -0.39 is 0 Å². The van der Waals surface area contributed by atoms with Crippen molar-refractivity contribution < 1.29 is 0 Å². The van der Waals surface area contributed by atoms with Crippen LogP contribution in [0.1, 0.15) is 32.8 Å². The van der Waals surface area contributed by atoms with Crippen LogP contribution in [0.25, 0.3) is 0 Å². The molecule has 1 aliphatic rings. The molecule has 0 fully saturated rings. The van der Waals surface area contributed by atoms with Gasteiger partial charge in [0.1, 0.15) is 0 Å². The summed E-state index contributed by atoms with van der Waals surface area (Å²) in [5, 5.41) is 0. The van der Waals surface area contributed by atoms with Gasteiger partial charge in [0.25, 0.3) is 0 Å². The highest BCUT2D eigenvalue weighted by Gasteiger charge is 2.14. The molecule has 2 rings (SSSR count). The van der Waals surface area contributed by atoms with Gasteiger partial charge in [-0.1, -0.05) is 45.1 Å². The fraction of sp³-hybridized carbons (Fsp3) is 0.467. The first-order valence-electron chi connectivity index (χ1n) is 6.08. The van der Waals surface area contributed by atoms with Gasteiger partial charge in [0.2, 0.25) is 0 Å². The van der Waals surface area contributed by atoms with Crippen molar-refractivity contribution in [2.75, 3.05) is 18.0 Å². The van der Waals surface area contributed by atoms with Gasteiger partial charge in [0.15, 0.2) is 0 Å². The molecule has 1 nitrogen and oxygen atoms in total. The Hall–Kier alpha value is -1.24. The smallest absolute Gasteiger partial charge is 0.0369 e. The molecular weight excluding hydrogens is 194 g/mol. The molecule has 0 radical (unpaired) electrons. The highest BCUT2D eigenvalue weighted by atomic mass is 15.1. The molecule has 1 aromatic carbocycles. The van der Waals surface area contributed by atoms with Crippen LogP contribution in [0.5, 0.6) is 0 Å². The van der Waals surface area contributed by atoms with Gasteiger partial charge in [-0.3, -0.25) is 0 Å². The summed E-state index contributed by atoms with van der Waals surface area (Å²) in [7, 11) is 0. The Labute approximate surface area is 98.8 Å². The van der Waals surface area contributed by atoms with E-state index in [9.17, 15) is 0 Å². The van der Waals surface area contributed by atoms with E-state index in [0.717, 1.165) is 13.1 Å². The van der Waals surface area contributed by atoms with E-state index in [1.54, 1.807) is 0 Å². The van der Waals surface area contributed by atoms with Crippen molar-refractivity contribution in [1.29, 1.82) is 0 Å². The summed E-state index contributed by atoms with van der Waals surface area (Å²) in [6.45, 7) is 8.96. The lowest BCUT2D eigenvalue weighted by molar-refractivity contribution is 0.590. The molecule has 0 saturated heterocycles. The summed E-state index contributed by atoms with van der Waals surface area (Å²) < 4.78 is 0. The van der Waals surface area contributed by atoms with Gasteiger partial charge >= 0.3 is 0 Å². The second kappa shape index (κ2) is 4.32. The average Bonchev–Trinajstić information content (AvgIpc) is 2.29. The van der Waals surface area contributed by atoms with E-state index in [1.807, 2.05) is 0 Å². The normalized spacial score (nSPS) is 16.6. The molecule has 0 unspecified atom stereocenters. The van der Waals surface area contributed by atoms with E-state index in [4.69, 9.17) is 0 Å². The quantitative estimate of drug-likeness (QED) is 0.645. The number of nitrogens with zero attached hydrogens (tertiary/aromatic N) is 1. The van der Waals surface area contributed by atoms with Crippen LogP contribution < -0.4 is 4.90 Å². The summed E-state index contributed by atoms with van der Waals surface area (Å²) in [4.78, 5) is 2.42. The molecule has 0 aromatic heterocycles. The van der Waals surface area contributed by atoms with Crippen molar-refractivity contribution in [2.45, 2.75) is 32.6 Å². The maximum Gasteiger partial charge on any atom is 0.0369 e. The molecule has 0 bridgehead atoms. The molecular formula is C15H21N. The fourth-order valence-electron chi connectivity index (χ4n) is 2.05. The summed E-state index contributed by atoms with van der Waals surface area (Å²) in [5.74, 6) is 0. The summed E-state index contributed by atoms with van der Waals surface area (Å²) in [6.07, 6.45) is 5.68. The Balaban J connectivity index is 2.16. The lowest BCUT2D eigenvalue weighted by atomic mass is 9.87. The van der Waals surface area contributed by atoms with Crippen molar-refractivity contribution in [3.05, 3.63) is 42.0 Å². The Morgan fingerprint density at radius 3 is 2.19 bits per heavy atom. The predicted octanol–water partition coefficient (Wildman–Crippen LogP) is 3.75. The Kier molecular flexibility index (Phi) is 3.04. The van der Waals surface area contributed by atoms with Crippen molar-refractivity contribution in [1.82, 2.24) is 0 Å². The second-order valence-corrected chi connectivity index (χ2v) is 5.50. The van der Waals surface area contributed by atoms with E-state index in [1.165, 1.54) is 17.7 Å². The number of hydrogen-bond donors (Lipinski definition) is 0. The molecule has 0 saturated carbocycles. The third-order valence-electron chi connectivity index (χ3n) is 3.16. The van der Waals surface area contributed by atoms with Gasteiger partial charge < -0.3 is 4.90 Å². The average molecular weight is 215 g/mol. The van der Waals surface area contributed by atoms with Gasteiger partial charge in [-0.15, -0.1) is 0 Å². The SMILES string of the molecule is CC(C)(C)c1ccc(N2CC=CCC2)cc1. The number of benzene rings is 1. The first kappa shape index (κ1) is 11.3. The number of hydrogen-bond acceptors (Lipinski definition) is 1. The van der Waals surface area contributed by atoms with Gasteiger partial charge in [0, 0.05) is 18.8 Å². The predicted molar refractivity (Wildman–Crippen MR) is 71.1 cm³/mol. The Bertz CT molecular complexity index is 367. The van der Waals surface area contributed by atoms with E-state index in [0.29, 0.717) is 0 Å². The molecule has 0 spiro atoms. The lowest BCUT2D eigenvalue weighted by Gasteiger charge is -2.27. The highest BCUT2D eigenvalue weighted by molar-refractivity contribution is 5.49. The standard InChI is InChI=1S/C15H21N/c1-15(2,3)13-7-9-14(10-8-13)16-11-5-4-6-12-16/h4-5,7-10H,6,11-12H2,1-3H3. The van der Waals surface area contributed by atoms with Crippen molar-refractivity contribution in [2.24, 2.45) is 0 Å². The molecule has 16 heavy (non-hydrogen) atoms. The Morgan fingerprint density at radius 2 is 1.69 bits per heavy atom. The minimum atomic E-state index is 0.250. The maximum atomic E-state index is 2.42. The van der Waals surface area contributed by atoms with Crippen molar-refractivity contribution in [3.63, 3.8) is 0 Å². The van der Waals surface area contributed by atoms with Gasteiger partial charge in [-0.05, 0) is 29.5 Å². The second-order valence-electron chi connectivity index (χ2n) is 5.50. The van der Waals surface area contributed by atoms with Crippen LogP contribution in [-0.2, 0) is 5.41 Å². The number of rotatable bonds is 1. The minimum absolute atomic E-state index is 0.250. The van der Waals surface area contributed by atoms with Gasteiger partial charge in [0.05, 0.1) is 0 Å². The van der Waals surface area contributed by atoms with E-state index >= 15 is 0 Å². The molecule has 0 N–H and O–H groups in total. The fourth-order valence-corrected chi connectivity index (χ4v) is 2.05. The molecule has 1 heteroatoms. The maximum absolute atomic E-state index is 2.42. The summed E-state index contributed by atoms with van der Waals surface area (Å²) in [6, 6.07) is 9.01. The van der Waals surface area contributed by atoms with Crippen LogP contribution >= 0.6 is 0 Å². The molecule has 0 amide bonds. The van der Waals surface area contributed by atoms with Crippen LogP contribution in [0.15, 0.2) is 36.4 Å². The van der Waals surface area contributed by atoms with E-state index in [-0.39, 0.29) is 5.41 Å². The third kappa shape index (κ3) is 2.46. The molecule has 1 heterocycles. The monoisotopic (exact) mass is 215 g/mol. The molecule has 0 aliphatic carbocycles. The van der Waals surface area contributed by atoms with Gasteiger partial charge in [-0.25, -0.2) is 0 Å². The summed E-state index contributed by atoms with van der Waals surface area (Å²) >= 11 is 0. The zero-order valence-corrected chi connectivity index (χ0v) is 10.5. The van der Waals surface area contributed by atoms with Crippen molar-refractivity contribution in [3.8, 4) is 0 Å². The lowest BCUT2D eigenvalue weighted by Crippen LogP contribution is -2.26. The molecule has 0 atom stereocenters. The van der Waals surface area contributed by atoms with Crippen molar-refractivity contribution >= 4 is 5.69 Å². The number of anilines is 1. The van der Waals surface area contributed by atoms with Crippen LogP contribution in [0, 0.1) is 0 Å². The zero-order valence-electron chi connectivity index (χ0n) is 10.5. The zero-order chi connectivity index (χ0) is 11.6. The first-order valence-corrected chi connectivity index (χ1v) is 6.08. The summed E-state index contributed by atoms with van der Waals surface area (Å²) in [5.41, 5.74) is 3.00. The van der Waals surface area contributed by atoms with E-state index in [2.05, 4.69) is 62.1 Å². The minimum Gasteiger partial charge on any atom is -0.368 e. The van der Waals surface area contributed by atoms with Crippen LogP contribution in [0.4, 0.5) is 5.69 Å². The van der Waals surface area contributed by atoms with Gasteiger partial charge in [-0.2, -0.15) is 0 Å². The largest absolute Gasteiger partial charge is 0.368 e. The van der Waals surface area contributed by atoms with Crippen LogP contribution in [-0.4, -0.2) is 13.1 Å². The van der Waals surface area contributed by atoms with Crippen LogP contribution in [0.2, 0.25) is 0 Å². The third-order valence-corrected chi connectivity index (χ3v) is 3.16. The molecule has 86 valence electrons. The Morgan fingerprint density at radius 1 is 1.00 bits per heavy atom.